The Morgan fingerprint density at radius 3 is 2.12 bits per heavy atom. The molecule has 0 aromatic rings. The van der Waals surface area contributed by atoms with Crippen LogP contribution in [0.3, 0.4) is 0 Å². The molecule has 1 unspecified atom stereocenters. The van der Waals surface area contributed by atoms with Gasteiger partial charge in [-0.1, -0.05) is 20.8 Å². The molecule has 0 spiro atoms. The van der Waals surface area contributed by atoms with Crippen molar-refractivity contribution in [1.29, 1.82) is 0 Å². The Morgan fingerprint density at radius 2 is 2.00 bits per heavy atom. The van der Waals surface area contributed by atoms with E-state index < -0.39 is 0 Å². The van der Waals surface area contributed by atoms with Gasteiger partial charge in [-0.15, -0.1) is 0 Å². The highest BCUT2D eigenvalue weighted by atomic mass is 15.0. The highest BCUT2D eigenvalue weighted by Gasteiger charge is 2.02. The minimum atomic E-state index is 0.167. The van der Waals surface area contributed by atoms with Gasteiger partial charge in [-0.3, -0.25) is 0 Å². The third-order valence-electron chi connectivity index (χ3n) is 1.16. The highest BCUT2D eigenvalue weighted by molar-refractivity contribution is 4.59. The van der Waals surface area contributed by atoms with E-state index in [9.17, 15) is 0 Å². The maximum Gasteiger partial charge on any atom is 0.0569 e. The molecule has 0 aromatic heterocycles. The van der Waals surface area contributed by atoms with Crippen LogP contribution in [0, 0.1) is 5.92 Å². The summed E-state index contributed by atoms with van der Waals surface area (Å²) in [6.45, 7) is 7.22. The molecule has 0 amide bonds. The molecule has 0 saturated heterocycles. The van der Waals surface area contributed by atoms with Crippen LogP contribution in [0.5, 0.6) is 0 Å². The SMILES string of the molecule is CCNC(N)C(C)C. The molecule has 3 N–H and O–H groups in total. The average Bonchev–Trinajstić information content (AvgIpc) is 1.67. The predicted molar refractivity (Wildman–Crippen MR) is 36.5 cm³/mol. The van der Waals surface area contributed by atoms with E-state index in [0.29, 0.717) is 5.92 Å². The summed E-state index contributed by atoms with van der Waals surface area (Å²) in [6.07, 6.45) is 0.167. The molecule has 0 heterocycles. The van der Waals surface area contributed by atoms with Crippen LogP contribution in [0.25, 0.3) is 0 Å². The molecule has 2 heteroatoms. The fraction of sp³-hybridized carbons (Fsp3) is 1.00. The van der Waals surface area contributed by atoms with E-state index in [4.69, 9.17) is 5.73 Å². The van der Waals surface area contributed by atoms with Gasteiger partial charge < -0.3 is 11.1 Å². The molecular weight excluding hydrogens is 100 g/mol. The zero-order valence-electron chi connectivity index (χ0n) is 5.94. The van der Waals surface area contributed by atoms with Crippen molar-refractivity contribution in [3.8, 4) is 0 Å². The van der Waals surface area contributed by atoms with Crippen molar-refractivity contribution in [3.05, 3.63) is 0 Å². The lowest BCUT2D eigenvalue weighted by Crippen LogP contribution is -2.41. The Balaban J connectivity index is 3.17. The topological polar surface area (TPSA) is 38.0 Å². The number of nitrogens with one attached hydrogen (secondary N) is 1. The lowest BCUT2D eigenvalue weighted by Gasteiger charge is -2.15. The van der Waals surface area contributed by atoms with Crippen LogP contribution in [0.4, 0.5) is 0 Å². The van der Waals surface area contributed by atoms with E-state index in [1.807, 2.05) is 0 Å². The van der Waals surface area contributed by atoms with Gasteiger partial charge in [-0.25, -0.2) is 0 Å². The summed E-state index contributed by atoms with van der Waals surface area (Å²) in [4.78, 5) is 0. The number of nitrogens with two attached hydrogens (primary N) is 1. The first-order valence-electron chi connectivity index (χ1n) is 3.17. The molecule has 0 radical (unpaired) electrons. The monoisotopic (exact) mass is 116 g/mol. The average molecular weight is 116 g/mol. The number of hydrogen-bond acceptors (Lipinski definition) is 2. The Hall–Kier alpha value is -0.0800. The van der Waals surface area contributed by atoms with Gasteiger partial charge in [-0.2, -0.15) is 0 Å². The Morgan fingerprint density at radius 1 is 1.50 bits per heavy atom. The van der Waals surface area contributed by atoms with Gasteiger partial charge in [0.25, 0.3) is 0 Å². The van der Waals surface area contributed by atoms with Crippen molar-refractivity contribution < 1.29 is 0 Å². The van der Waals surface area contributed by atoms with Crippen LogP contribution in [0.15, 0.2) is 0 Å². The summed E-state index contributed by atoms with van der Waals surface area (Å²) < 4.78 is 0. The molecule has 2 nitrogen and oxygen atoms in total. The van der Waals surface area contributed by atoms with E-state index in [1.54, 1.807) is 0 Å². The normalized spacial score (nSPS) is 14.6. The molecule has 0 aromatic carbocycles. The summed E-state index contributed by atoms with van der Waals surface area (Å²) >= 11 is 0. The summed E-state index contributed by atoms with van der Waals surface area (Å²) in [5, 5.41) is 3.12. The third kappa shape index (κ3) is 2.99. The van der Waals surface area contributed by atoms with Crippen molar-refractivity contribution in [2.75, 3.05) is 6.54 Å². The van der Waals surface area contributed by atoms with Crippen molar-refractivity contribution in [1.82, 2.24) is 5.32 Å². The summed E-state index contributed by atoms with van der Waals surface area (Å²) in [5.41, 5.74) is 5.62. The summed E-state index contributed by atoms with van der Waals surface area (Å²) in [7, 11) is 0. The van der Waals surface area contributed by atoms with Crippen LogP contribution < -0.4 is 11.1 Å². The molecule has 0 aliphatic rings. The second-order valence-electron chi connectivity index (χ2n) is 2.33. The molecule has 50 valence electrons. The van der Waals surface area contributed by atoms with E-state index in [2.05, 4.69) is 26.1 Å². The fourth-order valence-electron chi connectivity index (χ4n) is 0.471. The largest absolute Gasteiger partial charge is 0.316 e. The van der Waals surface area contributed by atoms with Crippen LogP contribution >= 0.6 is 0 Å². The van der Waals surface area contributed by atoms with Crippen LogP contribution in [-0.4, -0.2) is 12.7 Å². The van der Waals surface area contributed by atoms with Crippen molar-refractivity contribution in [2.45, 2.75) is 26.9 Å². The molecule has 0 saturated carbocycles. The minimum absolute atomic E-state index is 0.167. The molecule has 1 atom stereocenters. The first-order valence-corrected chi connectivity index (χ1v) is 3.17. The predicted octanol–water partition coefficient (Wildman–Crippen LogP) is 0.537. The zero-order chi connectivity index (χ0) is 6.57. The quantitative estimate of drug-likeness (QED) is 0.528. The van der Waals surface area contributed by atoms with Crippen molar-refractivity contribution in [3.63, 3.8) is 0 Å². The van der Waals surface area contributed by atoms with Gasteiger partial charge >= 0.3 is 0 Å². The Kier molecular flexibility index (Phi) is 3.83. The lowest BCUT2D eigenvalue weighted by atomic mass is 10.2. The smallest absolute Gasteiger partial charge is 0.0569 e. The molecule has 8 heavy (non-hydrogen) atoms. The maximum atomic E-state index is 5.62. The second kappa shape index (κ2) is 3.87. The first-order chi connectivity index (χ1) is 3.68. The van der Waals surface area contributed by atoms with E-state index >= 15 is 0 Å². The van der Waals surface area contributed by atoms with Gasteiger partial charge in [0.1, 0.15) is 0 Å². The molecular formula is C6H16N2. The summed E-state index contributed by atoms with van der Waals surface area (Å²) in [5.74, 6) is 0.537. The van der Waals surface area contributed by atoms with Crippen LogP contribution in [-0.2, 0) is 0 Å². The molecule has 0 aliphatic heterocycles. The van der Waals surface area contributed by atoms with Gasteiger partial charge in [-0.05, 0) is 12.5 Å². The van der Waals surface area contributed by atoms with Gasteiger partial charge in [0.2, 0.25) is 0 Å². The van der Waals surface area contributed by atoms with E-state index in [0.717, 1.165) is 6.54 Å². The minimum Gasteiger partial charge on any atom is -0.316 e. The standard InChI is InChI=1S/C6H16N2/c1-4-8-6(7)5(2)3/h5-6,8H,4,7H2,1-3H3. The van der Waals surface area contributed by atoms with Crippen molar-refractivity contribution >= 4 is 0 Å². The van der Waals surface area contributed by atoms with Crippen molar-refractivity contribution in [2.24, 2.45) is 11.7 Å². The number of hydrogen-bond donors (Lipinski definition) is 2. The van der Waals surface area contributed by atoms with Crippen LogP contribution in [0.1, 0.15) is 20.8 Å². The second-order valence-corrected chi connectivity index (χ2v) is 2.33. The Bertz CT molecular complexity index is 52.5. The van der Waals surface area contributed by atoms with E-state index in [1.165, 1.54) is 0 Å². The third-order valence-corrected chi connectivity index (χ3v) is 1.16. The van der Waals surface area contributed by atoms with E-state index in [-0.39, 0.29) is 6.17 Å². The molecule has 0 fully saturated rings. The molecule has 0 aliphatic carbocycles. The highest BCUT2D eigenvalue weighted by Crippen LogP contribution is 1.92. The first kappa shape index (κ1) is 7.92. The van der Waals surface area contributed by atoms with Gasteiger partial charge in [0.15, 0.2) is 0 Å². The lowest BCUT2D eigenvalue weighted by molar-refractivity contribution is 0.419. The molecule has 0 rings (SSSR count). The van der Waals surface area contributed by atoms with Gasteiger partial charge in [0, 0.05) is 0 Å². The zero-order valence-corrected chi connectivity index (χ0v) is 5.94. The fourth-order valence-corrected chi connectivity index (χ4v) is 0.471. The Labute approximate surface area is 51.5 Å². The maximum absolute atomic E-state index is 5.62. The summed E-state index contributed by atoms with van der Waals surface area (Å²) in [6, 6.07) is 0. The molecule has 0 bridgehead atoms. The van der Waals surface area contributed by atoms with Gasteiger partial charge in [0.05, 0.1) is 6.17 Å². The number of rotatable bonds is 3. The van der Waals surface area contributed by atoms with Crippen LogP contribution in [0.2, 0.25) is 0 Å².